The van der Waals surface area contributed by atoms with E-state index < -0.39 is 6.10 Å². The molecule has 31 heavy (non-hydrogen) atoms. The van der Waals surface area contributed by atoms with Gasteiger partial charge in [0.15, 0.2) is 0 Å². The zero-order valence-corrected chi connectivity index (χ0v) is 18.0. The number of carbonyl (C=O) groups is 1. The summed E-state index contributed by atoms with van der Waals surface area (Å²) >= 11 is 0. The number of ether oxygens (including phenoxy) is 2. The first-order valence-electron chi connectivity index (χ1n) is 10.5. The Morgan fingerprint density at radius 2 is 1.61 bits per heavy atom. The van der Waals surface area contributed by atoms with E-state index >= 15 is 0 Å². The summed E-state index contributed by atoms with van der Waals surface area (Å²) in [4.78, 5) is 12.4. The van der Waals surface area contributed by atoms with Crippen LogP contribution in [-0.2, 0) is 6.54 Å². The van der Waals surface area contributed by atoms with Gasteiger partial charge in [-0.2, -0.15) is 0 Å². The molecule has 3 aromatic carbocycles. The second-order valence-electron chi connectivity index (χ2n) is 7.66. The molecule has 5 nitrogen and oxygen atoms in total. The summed E-state index contributed by atoms with van der Waals surface area (Å²) in [5, 5.41) is 13.2. The van der Waals surface area contributed by atoms with E-state index in [4.69, 9.17) is 9.47 Å². The van der Waals surface area contributed by atoms with E-state index in [0.29, 0.717) is 23.8 Å². The van der Waals surface area contributed by atoms with Crippen LogP contribution in [0.5, 0.6) is 11.5 Å². The standard InChI is InChI=1S/C26H29NO4/c1-19(2)24-13-6-7-14-25(24)31-18-22(28)17-30-23-12-8-11-21(15-23)26(29)27-16-20-9-4-3-5-10-20/h3-15,19,22,28H,16-18H2,1-2H3,(H,27,29)/t22-/m1/s1. The first kappa shape index (κ1) is 22.4. The SMILES string of the molecule is CC(C)c1ccccc1OC[C@H](O)COc1cccc(C(=O)NCc2ccccc2)c1. The second-order valence-corrected chi connectivity index (χ2v) is 7.66. The maximum atomic E-state index is 12.4. The van der Waals surface area contributed by atoms with Crippen LogP contribution in [0.2, 0.25) is 0 Å². The average Bonchev–Trinajstić information content (AvgIpc) is 2.80. The van der Waals surface area contributed by atoms with Crippen molar-refractivity contribution in [3.63, 3.8) is 0 Å². The highest BCUT2D eigenvalue weighted by Gasteiger charge is 2.12. The molecular formula is C26H29NO4. The topological polar surface area (TPSA) is 67.8 Å². The van der Waals surface area contributed by atoms with Crippen LogP contribution in [0.25, 0.3) is 0 Å². The van der Waals surface area contributed by atoms with Crippen LogP contribution in [0.1, 0.15) is 41.3 Å². The Kier molecular flexibility index (Phi) is 8.07. The van der Waals surface area contributed by atoms with Crippen molar-refractivity contribution >= 4 is 5.91 Å². The van der Waals surface area contributed by atoms with E-state index in [1.54, 1.807) is 24.3 Å². The van der Waals surface area contributed by atoms with Crippen LogP contribution >= 0.6 is 0 Å². The van der Waals surface area contributed by atoms with Gasteiger partial charge in [0.1, 0.15) is 30.8 Å². The molecule has 0 saturated carbocycles. The van der Waals surface area contributed by atoms with Gasteiger partial charge in [0, 0.05) is 12.1 Å². The van der Waals surface area contributed by atoms with Crippen molar-refractivity contribution in [2.75, 3.05) is 13.2 Å². The lowest BCUT2D eigenvalue weighted by Gasteiger charge is -2.17. The molecule has 0 heterocycles. The van der Waals surface area contributed by atoms with Crippen molar-refractivity contribution in [1.82, 2.24) is 5.32 Å². The summed E-state index contributed by atoms with van der Waals surface area (Å²) in [6, 6.07) is 24.5. The first-order chi connectivity index (χ1) is 15.0. The van der Waals surface area contributed by atoms with Crippen molar-refractivity contribution in [3.05, 3.63) is 95.6 Å². The summed E-state index contributed by atoms with van der Waals surface area (Å²) in [5.41, 5.74) is 2.64. The van der Waals surface area contributed by atoms with Crippen molar-refractivity contribution < 1.29 is 19.4 Å². The molecule has 0 fully saturated rings. The third kappa shape index (κ3) is 6.86. The molecule has 0 aliphatic rings. The van der Waals surface area contributed by atoms with Crippen LogP contribution in [0.3, 0.4) is 0 Å². The number of nitrogens with one attached hydrogen (secondary N) is 1. The Morgan fingerprint density at radius 1 is 0.903 bits per heavy atom. The van der Waals surface area contributed by atoms with Gasteiger partial charge in [0.25, 0.3) is 5.91 Å². The van der Waals surface area contributed by atoms with Crippen LogP contribution in [0.15, 0.2) is 78.9 Å². The van der Waals surface area contributed by atoms with Crippen molar-refractivity contribution in [2.45, 2.75) is 32.4 Å². The predicted octanol–water partition coefficient (Wildman–Crippen LogP) is 4.56. The van der Waals surface area contributed by atoms with Crippen molar-refractivity contribution in [3.8, 4) is 11.5 Å². The summed E-state index contributed by atoms with van der Waals surface area (Å²) in [7, 11) is 0. The third-order valence-electron chi connectivity index (χ3n) is 4.81. The lowest BCUT2D eigenvalue weighted by Crippen LogP contribution is -2.25. The van der Waals surface area contributed by atoms with Gasteiger partial charge in [0.2, 0.25) is 0 Å². The highest BCUT2D eigenvalue weighted by Crippen LogP contribution is 2.26. The van der Waals surface area contributed by atoms with Gasteiger partial charge in [-0.15, -0.1) is 0 Å². The molecule has 162 valence electrons. The molecule has 0 aromatic heterocycles. The summed E-state index contributed by atoms with van der Waals surface area (Å²) < 4.78 is 11.5. The number of carbonyl (C=O) groups excluding carboxylic acids is 1. The Bertz CT molecular complexity index is 972. The minimum Gasteiger partial charge on any atom is -0.491 e. The van der Waals surface area contributed by atoms with E-state index in [9.17, 15) is 9.90 Å². The molecule has 3 rings (SSSR count). The summed E-state index contributed by atoms with van der Waals surface area (Å²) in [6.45, 7) is 4.86. The molecule has 0 radical (unpaired) electrons. The number of amides is 1. The predicted molar refractivity (Wildman–Crippen MR) is 122 cm³/mol. The highest BCUT2D eigenvalue weighted by atomic mass is 16.5. The zero-order valence-electron chi connectivity index (χ0n) is 18.0. The van der Waals surface area contributed by atoms with Crippen LogP contribution in [0.4, 0.5) is 0 Å². The maximum absolute atomic E-state index is 12.4. The molecule has 0 spiro atoms. The number of hydrogen-bond donors (Lipinski definition) is 2. The molecule has 2 N–H and O–H groups in total. The Hall–Kier alpha value is -3.31. The number of para-hydroxylation sites is 1. The number of rotatable bonds is 10. The number of aliphatic hydroxyl groups excluding tert-OH is 1. The Balaban J connectivity index is 1.49. The monoisotopic (exact) mass is 419 g/mol. The van der Waals surface area contributed by atoms with Gasteiger partial charge in [-0.1, -0.05) is 68.4 Å². The smallest absolute Gasteiger partial charge is 0.251 e. The fraction of sp³-hybridized carbons (Fsp3) is 0.269. The Morgan fingerprint density at radius 3 is 2.39 bits per heavy atom. The number of benzene rings is 3. The van der Waals surface area contributed by atoms with Crippen LogP contribution in [0, 0.1) is 0 Å². The summed E-state index contributed by atoms with van der Waals surface area (Å²) in [6.07, 6.45) is -0.796. The number of aliphatic hydroxyl groups is 1. The minimum absolute atomic E-state index is 0.0684. The second kappa shape index (κ2) is 11.2. The van der Waals surface area contributed by atoms with E-state index in [1.807, 2.05) is 54.6 Å². The molecule has 3 aromatic rings. The van der Waals surface area contributed by atoms with Gasteiger partial charge in [0.05, 0.1) is 0 Å². The third-order valence-corrected chi connectivity index (χ3v) is 4.81. The van der Waals surface area contributed by atoms with Gasteiger partial charge >= 0.3 is 0 Å². The van der Waals surface area contributed by atoms with Gasteiger partial charge in [-0.25, -0.2) is 0 Å². The summed E-state index contributed by atoms with van der Waals surface area (Å²) in [5.74, 6) is 1.45. The van der Waals surface area contributed by atoms with Crippen molar-refractivity contribution in [2.24, 2.45) is 0 Å². The maximum Gasteiger partial charge on any atom is 0.251 e. The molecule has 0 unspecified atom stereocenters. The van der Waals surface area contributed by atoms with E-state index in [0.717, 1.165) is 16.9 Å². The Labute approximate surface area is 183 Å². The lowest BCUT2D eigenvalue weighted by molar-refractivity contribution is 0.0622. The number of hydrogen-bond acceptors (Lipinski definition) is 4. The van der Waals surface area contributed by atoms with Crippen molar-refractivity contribution in [1.29, 1.82) is 0 Å². The average molecular weight is 420 g/mol. The quantitative estimate of drug-likeness (QED) is 0.506. The molecule has 0 aliphatic heterocycles. The zero-order chi connectivity index (χ0) is 22.1. The molecule has 0 bridgehead atoms. The lowest BCUT2D eigenvalue weighted by atomic mass is 10.0. The molecule has 1 amide bonds. The van der Waals surface area contributed by atoms with Gasteiger partial charge in [-0.05, 0) is 41.3 Å². The van der Waals surface area contributed by atoms with Gasteiger partial charge < -0.3 is 19.9 Å². The van der Waals surface area contributed by atoms with E-state index in [2.05, 4.69) is 19.2 Å². The first-order valence-corrected chi connectivity index (χ1v) is 10.5. The fourth-order valence-electron chi connectivity index (χ4n) is 3.12. The van der Waals surface area contributed by atoms with Crippen LogP contribution in [-0.4, -0.2) is 30.3 Å². The molecule has 1 atom stereocenters. The molecule has 0 aliphatic carbocycles. The van der Waals surface area contributed by atoms with E-state index in [1.165, 1.54) is 0 Å². The molecule has 0 saturated heterocycles. The molecular weight excluding hydrogens is 390 g/mol. The molecule has 5 heteroatoms. The van der Waals surface area contributed by atoms with E-state index in [-0.39, 0.29) is 19.1 Å². The van der Waals surface area contributed by atoms with Crippen LogP contribution < -0.4 is 14.8 Å². The highest BCUT2D eigenvalue weighted by molar-refractivity contribution is 5.94. The minimum atomic E-state index is -0.796. The fourth-order valence-corrected chi connectivity index (χ4v) is 3.12. The largest absolute Gasteiger partial charge is 0.491 e. The van der Waals surface area contributed by atoms with Gasteiger partial charge in [-0.3, -0.25) is 4.79 Å². The normalized spacial score (nSPS) is 11.7.